The lowest BCUT2D eigenvalue weighted by atomic mass is 10.3. The fourth-order valence-corrected chi connectivity index (χ4v) is 4.90. The van der Waals surface area contributed by atoms with Crippen LogP contribution in [0.3, 0.4) is 0 Å². The summed E-state index contributed by atoms with van der Waals surface area (Å²) in [7, 11) is -3.16. The van der Waals surface area contributed by atoms with E-state index in [1.807, 2.05) is 11.8 Å². The van der Waals surface area contributed by atoms with E-state index in [1.54, 1.807) is 0 Å². The molecule has 102 valence electrons. The molecule has 6 heteroatoms. The number of unbranched alkanes of at least 4 members (excludes halogenated alkanes) is 1. The van der Waals surface area contributed by atoms with Crippen LogP contribution in [0.15, 0.2) is 0 Å². The number of rotatable bonds is 8. The maximum Gasteiger partial charge on any atom is 0.211 e. The highest BCUT2D eigenvalue weighted by molar-refractivity contribution is 8.00. The van der Waals surface area contributed by atoms with Crippen molar-refractivity contribution in [3.05, 3.63) is 0 Å². The van der Waals surface area contributed by atoms with E-state index < -0.39 is 10.0 Å². The summed E-state index contributed by atoms with van der Waals surface area (Å²) in [5, 5.41) is 9.08. The second kappa shape index (κ2) is 7.61. The largest absolute Gasteiger partial charge is 0.396 e. The second-order valence-corrected chi connectivity index (χ2v) is 7.79. The Morgan fingerprint density at radius 2 is 2.12 bits per heavy atom. The van der Waals surface area contributed by atoms with Gasteiger partial charge >= 0.3 is 0 Å². The molecule has 0 aromatic carbocycles. The average Bonchev–Trinajstić information content (AvgIpc) is 2.66. The second-order valence-electron chi connectivity index (χ2n) is 4.40. The van der Waals surface area contributed by atoms with E-state index in [2.05, 4.69) is 11.6 Å². The molecule has 0 aliphatic heterocycles. The molecule has 0 radical (unpaired) electrons. The van der Waals surface area contributed by atoms with Crippen LogP contribution in [0.5, 0.6) is 0 Å². The first kappa shape index (κ1) is 15.3. The van der Waals surface area contributed by atoms with Crippen molar-refractivity contribution in [3.8, 4) is 0 Å². The molecule has 2 N–H and O–H groups in total. The molecule has 1 aliphatic carbocycles. The van der Waals surface area contributed by atoms with Crippen molar-refractivity contribution >= 4 is 21.8 Å². The molecule has 0 aromatic heterocycles. The van der Waals surface area contributed by atoms with Gasteiger partial charge in [0, 0.05) is 17.9 Å². The first-order valence-corrected chi connectivity index (χ1v) is 9.01. The molecule has 2 unspecified atom stereocenters. The normalized spacial score (nSPS) is 25.3. The van der Waals surface area contributed by atoms with E-state index in [-0.39, 0.29) is 18.4 Å². The van der Waals surface area contributed by atoms with E-state index in [0.717, 1.165) is 25.0 Å². The Morgan fingerprint density at radius 3 is 2.76 bits per heavy atom. The summed E-state index contributed by atoms with van der Waals surface area (Å²) >= 11 is 1.85. The van der Waals surface area contributed by atoms with Crippen molar-refractivity contribution in [3.63, 3.8) is 0 Å². The Bertz CT molecular complexity index is 306. The highest BCUT2D eigenvalue weighted by Gasteiger charge is 2.30. The molecule has 1 fully saturated rings. The van der Waals surface area contributed by atoms with Gasteiger partial charge in [-0.15, -0.1) is 0 Å². The number of thioether (sulfide) groups is 1. The van der Waals surface area contributed by atoms with E-state index in [0.29, 0.717) is 18.1 Å². The zero-order chi connectivity index (χ0) is 12.7. The number of sulfonamides is 1. The minimum atomic E-state index is -3.16. The highest BCUT2D eigenvalue weighted by Crippen LogP contribution is 2.30. The summed E-state index contributed by atoms with van der Waals surface area (Å²) in [4.78, 5) is 0. The monoisotopic (exact) mass is 281 g/mol. The smallest absolute Gasteiger partial charge is 0.211 e. The lowest BCUT2D eigenvalue weighted by Crippen LogP contribution is -2.40. The molecule has 2 atom stereocenters. The van der Waals surface area contributed by atoms with E-state index >= 15 is 0 Å². The number of nitrogens with one attached hydrogen (secondary N) is 1. The van der Waals surface area contributed by atoms with Gasteiger partial charge in [0.15, 0.2) is 0 Å². The van der Waals surface area contributed by atoms with Crippen molar-refractivity contribution < 1.29 is 13.5 Å². The third-order valence-electron chi connectivity index (χ3n) is 2.99. The zero-order valence-corrected chi connectivity index (χ0v) is 12.0. The first-order chi connectivity index (χ1) is 8.09. The van der Waals surface area contributed by atoms with E-state index in [1.165, 1.54) is 0 Å². The van der Waals surface area contributed by atoms with Gasteiger partial charge in [0.1, 0.15) is 0 Å². The third-order valence-corrected chi connectivity index (χ3v) is 5.80. The third kappa shape index (κ3) is 5.59. The molecular weight excluding hydrogens is 258 g/mol. The minimum Gasteiger partial charge on any atom is -0.396 e. The van der Waals surface area contributed by atoms with Crippen LogP contribution < -0.4 is 4.72 Å². The van der Waals surface area contributed by atoms with Crippen molar-refractivity contribution in [2.24, 2.45) is 0 Å². The number of aliphatic hydroxyl groups is 1. The van der Waals surface area contributed by atoms with Crippen LogP contribution in [-0.4, -0.2) is 42.9 Å². The molecule has 1 saturated carbocycles. The van der Waals surface area contributed by atoms with Crippen LogP contribution >= 0.6 is 11.8 Å². The van der Waals surface area contributed by atoms with Crippen LogP contribution in [0.2, 0.25) is 0 Å². The van der Waals surface area contributed by atoms with Gasteiger partial charge in [0.05, 0.1) is 5.75 Å². The summed E-state index contributed by atoms with van der Waals surface area (Å²) in [6.07, 6.45) is 4.27. The highest BCUT2D eigenvalue weighted by atomic mass is 32.2. The van der Waals surface area contributed by atoms with Crippen molar-refractivity contribution in [1.29, 1.82) is 0 Å². The van der Waals surface area contributed by atoms with Gasteiger partial charge in [-0.25, -0.2) is 13.1 Å². The maximum atomic E-state index is 11.8. The van der Waals surface area contributed by atoms with Crippen molar-refractivity contribution in [1.82, 2.24) is 4.72 Å². The van der Waals surface area contributed by atoms with Crippen LogP contribution in [0, 0.1) is 0 Å². The van der Waals surface area contributed by atoms with Crippen LogP contribution in [0.25, 0.3) is 0 Å². The molecule has 0 amide bonds. The molecule has 1 aliphatic rings. The molecule has 1 rings (SSSR count). The lowest BCUT2D eigenvalue weighted by Gasteiger charge is -2.20. The molecule has 17 heavy (non-hydrogen) atoms. The summed E-state index contributed by atoms with van der Waals surface area (Å²) in [5.41, 5.74) is 0. The summed E-state index contributed by atoms with van der Waals surface area (Å²) < 4.78 is 26.4. The van der Waals surface area contributed by atoms with Gasteiger partial charge in [-0.3, -0.25) is 0 Å². The lowest BCUT2D eigenvalue weighted by molar-refractivity contribution is 0.287. The molecule has 0 saturated heterocycles. The fraction of sp³-hybridized carbons (Fsp3) is 1.00. The van der Waals surface area contributed by atoms with E-state index in [4.69, 9.17) is 5.11 Å². The van der Waals surface area contributed by atoms with Gasteiger partial charge in [0.25, 0.3) is 0 Å². The Hall–Kier alpha value is 0.220. The summed E-state index contributed by atoms with van der Waals surface area (Å²) in [6.45, 7) is 2.17. The van der Waals surface area contributed by atoms with Crippen LogP contribution in [0.4, 0.5) is 0 Å². The molecule has 4 nitrogen and oxygen atoms in total. The Kier molecular flexibility index (Phi) is 6.84. The topological polar surface area (TPSA) is 66.4 Å². The van der Waals surface area contributed by atoms with Gasteiger partial charge in [-0.1, -0.05) is 13.3 Å². The van der Waals surface area contributed by atoms with Gasteiger partial charge < -0.3 is 5.11 Å². The molecular formula is C11H23NO3S2. The van der Waals surface area contributed by atoms with E-state index in [9.17, 15) is 8.42 Å². The first-order valence-electron chi connectivity index (χ1n) is 6.31. The van der Waals surface area contributed by atoms with Crippen LogP contribution in [-0.2, 0) is 10.0 Å². The van der Waals surface area contributed by atoms with Gasteiger partial charge in [0.2, 0.25) is 10.0 Å². The predicted octanol–water partition coefficient (Wildman–Crippen LogP) is 1.35. The summed E-state index contributed by atoms with van der Waals surface area (Å²) in [5.74, 6) is 1.17. The Balaban J connectivity index is 2.40. The number of aliphatic hydroxyl groups excluding tert-OH is 1. The quantitative estimate of drug-likeness (QED) is 0.659. The minimum absolute atomic E-state index is 0.0628. The van der Waals surface area contributed by atoms with Gasteiger partial charge in [-0.05, 0) is 31.4 Å². The SMILES string of the molecule is CCSC1CCCC1NS(=O)(=O)CCCCO. The van der Waals surface area contributed by atoms with Crippen molar-refractivity contribution in [2.75, 3.05) is 18.1 Å². The number of hydrogen-bond acceptors (Lipinski definition) is 4. The number of hydrogen-bond donors (Lipinski definition) is 2. The average molecular weight is 281 g/mol. The fourth-order valence-electron chi connectivity index (χ4n) is 2.17. The predicted molar refractivity (Wildman–Crippen MR) is 72.8 cm³/mol. The maximum absolute atomic E-state index is 11.8. The van der Waals surface area contributed by atoms with Gasteiger partial charge in [-0.2, -0.15) is 11.8 Å². The molecule has 0 aromatic rings. The standard InChI is InChI=1S/C11H23NO3S2/c1-2-16-11-7-5-6-10(11)12-17(14,15)9-4-3-8-13/h10-13H,2-9H2,1H3. The molecule has 0 heterocycles. The van der Waals surface area contributed by atoms with Crippen molar-refractivity contribution in [2.45, 2.75) is 50.3 Å². The zero-order valence-electron chi connectivity index (χ0n) is 10.4. The Morgan fingerprint density at radius 1 is 1.35 bits per heavy atom. The Labute approximate surface area is 109 Å². The van der Waals surface area contributed by atoms with Crippen LogP contribution in [0.1, 0.15) is 39.0 Å². The molecule has 0 spiro atoms. The summed E-state index contributed by atoms with van der Waals surface area (Å²) in [6, 6.07) is 0.110. The molecule has 0 bridgehead atoms.